The molecule has 4 rings (SSSR count). The lowest BCUT2D eigenvalue weighted by molar-refractivity contribution is -0.384. The Hall–Kier alpha value is -4.58. The number of phenols is 1. The van der Waals surface area contributed by atoms with Crippen molar-refractivity contribution in [3.05, 3.63) is 81.0 Å². The number of ketones is 1. The summed E-state index contributed by atoms with van der Waals surface area (Å²) in [6.45, 7) is 0.438. The molecule has 0 bridgehead atoms. The standard InChI is InChI=1S/C32H30Cl3N3O13S/c1-16(39)22(28(45)51-15-32(33,34)35)12-24-23(14-50-17(2)40)26(27(43)44)37-29(46)31(30(37)52(24)49,13-18-6-8-20(9-7-18)38(47)48)36-25(42)11-19-4-3-5-21(41)10-19/h3-10,22,24,30,41H,11-15H2,1-2H3,(H,36,42)(H,43,44)/t22?,24?,30-,31?,52?/m0/s1. The van der Waals surface area contributed by atoms with Gasteiger partial charge in [-0.05, 0) is 36.6 Å². The van der Waals surface area contributed by atoms with Crippen molar-refractivity contribution in [1.82, 2.24) is 10.2 Å². The summed E-state index contributed by atoms with van der Waals surface area (Å²) in [6.07, 6.45) is -1.52. The molecule has 5 atom stereocenters. The molecule has 0 radical (unpaired) electrons. The highest BCUT2D eigenvalue weighted by molar-refractivity contribution is 7.86. The molecule has 0 saturated carbocycles. The van der Waals surface area contributed by atoms with Crippen molar-refractivity contribution >= 4 is 86.8 Å². The Balaban J connectivity index is 1.85. The van der Waals surface area contributed by atoms with Gasteiger partial charge in [0.1, 0.15) is 41.7 Å². The minimum absolute atomic E-state index is 0.156. The average Bonchev–Trinajstić information content (AvgIpc) is 3.04. The van der Waals surface area contributed by atoms with Crippen molar-refractivity contribution in [1.29, 1.82) is 0 Å². The van der Waals surface area contributed by atoms with Crippen LogP contribution in [0, 0.1) is 16.0 Å². The van der Waals surface area contributed by atoms with Crippen molar-refractivity contribution in [2.75, 3.05) is 13.2 Å². The lowest BCUT2D eigenvalue weighted by Gasteiger charge is -2.58. The van der Waals surface area contributed by atoms with Gasteiger partial charge in [-0.15, -0.1) is 0 Å². The first-order valence-electron chi connectivity index (χ1n) is 15.1. The fraction of sp³-hybridized carbons (Fsp3) is 0.375. The second-order valence-electron chi connectivity index (χ2n) is 11.9. The number of nitrogens with zero attached hydrogens (tertiary/aromatic N) is 2. The van der Waals surface area contributed by atoms with Gasteiger partial charge in [-0.25, -0.2) is 4.79 Å². The molecular formula is C32H30Cl3N3O13S. The van der Waals surface area contributed by atoms with Gasteiger partial charge in [0.05, 0.1) is 27.4 Å². The highest BCUT2D eigenvalue weighted by Crippen LogP contribution is 2.47. The number of aromatic hydroxyl groups is 1. The molecule has 0 aliphatic carbocycles. The number of carboxylic acids is 1. The Morgan fingerprint density at radius 3 is 2.27 bits per heavy atom. The molecule has 2 aromatic rings. The minimum Gasteiger partial charge on any atom is -0.508 e. The second kappa shape index (κ2) is 16.0. The predicted molar refractivity (Wildman–Crippen MR) is 183 cm³/mol. The molecule has 2 amide bonds. The molecular weight excluding hydrogens is 773 g/mol. The van der Waals surface area contributed by atoms with E-state index in [0.717, 1.165) is 26.0 Å². The topological polar surface area (TPSA) is 237 Å². The summed E-state index contributed by atoms with van der Waals surface area (Å²) in [5, 5.41) is 31.0. The van der Waals surface area contributed by atoms with Crippen molar-refractivity contribution < 1.29 is 57.6 Å². The van der Waals surface area contributed by atoms with Gasteiger partial charge in [-0.1, -0.05) is 59.1 Å². The number of carboxylic acid groups (broad SMARTS) is 1. The largest absolute Gasteiger partial charge is 0.508 e. The van der Waals surface area contributed by atoms with Crippen LogP contribution in [0.1, 0.15) is 31.4 Å². The van der Waals surface area contributed by atoms with Crippen LogP contribution in [-0.2, 0) is 61.9 Å². The van der Waals surface area contributed by atoms with Crippen LogP contribution in [0.2, 0.25) is 0 Å². The van der Waals surface area contributed by atoms with E-state index >= 15 is 0 Å². The number of carbonyl (C=O) groups excluding carboxylic acids is 5. The number of nitrogens with one attached hydrogen (secondary N) is 1. The monoisotopic (exact) mass is 801 g/mol. The van der Waals surface area contributed by atoms with Crippen molar-refractivity contribution in [2.45, 2.75) is 53.1 Å². The quantitative estimate of drug-likeness (QED) is 0.0623. The van der Waals surface area contributed by atoms with E-state index in [1.807, 2.05) is 0 Å². The molecule has 52 heavy (non-hydrogen) atoms. The number of nitro groups is 1. The zero-order chi connectivity index (χ0) is 38.7. The Bertz CT molecular complexity index is 1880. The number of halogens is 3. The number of hydrogen-bond acceptors (Lipinski definition) is 12. The molecule has 2 aliphatic heterocycles. The number of alkyl halides is 3. The van der Waals surface area contributed by atoms with Crippen LogP contribution in [-0.4, -0.2) is 92.9 Å². The van der Waals surface area contributed by atoms with E-state index in [1.165, 1.54) is 36.4 Å². The number of non-ortho nitro benzene ring substituents is 1. The molecule has 0 spiro atoms. The first-order chi connectivity index (χ1) is 24.3. The van der Waals surface area contributed by atoms with Crippen LogP contribution >= 0.6 is 34.8 Å². The highest BCUT2D eigenvalue weighted by Gasteiger charge is 2.69. The van der Waals surface area contributed by atoms with Crippen molar-refractivity contribution in [3.63, 3.8) is 0 Å². The van der Waals surface area contributed by atoms with Crippen molar-refractivity contribution in [2.24, 2.45) is 5.92 Å². The number of ether oxygens (including phenoxy) is 2. The zero-order valence-electron chi connectivity index (χ0n) is 27.2. The van der Waals surface area contributed by atoms with Gasteiger partial charge >= 0.3 is 17.9 Å². The number of amides is 2. The van der Waals surface area contributed by atoms with Crippen molar-refractivity contribution in [3.8, 4) is 5.75 Å². The number of Topliss-reactive ketones (excluding diaryl/α,β-unsaturated/α-hetero) is 1. The van der Waals surface area contributed by atoms with Gasteiger partial charge in [-0.3, -0.25) is 43.2 Å². The van der Waals surface area contributed by atoms with E-state index in [-0.39, 0.29) is 22.6 Å². The summed E-state index contributed by atoms with van der Waals surface area (Å²) in [6, 6.07) is 10.5. The van der Waals surface area contributed by atoms with E-state index in [2.05, 4.69) is 5.32 Å². The third-order valence-corrected chi connectivity index (χ3v) is 10.6. The number of nitro benzene ring substituents is 1. The second-order valence-corrected chi connectivity index (χ2v) is 16.1. The summed E-state index contributed by atoms with van der Waals surface area (Å²) in [5.41, 5.74) is -3.02. The molecule has 3 N–H and O–H groups in total. The number of β-lactam (4-membered cyclic amide) rings is 1. The summed E-state index contributed by atoms with van der Waals surface area (Å²) < 4.78 is 22.7. The first kappa shape index (κ1) is 40.2. The first-order valence-corrected chi connectivity index (χ1v) is 17.6. The fourth-order valence-corrected chi connectivity index (χ4v) is 8.31. The Labute approximate surface area is 312 Å². The SMILES string of the molecule is CC(=O)OCC1=C(C(=O)O)N2C(=O)C(Cc3ccc([N+](=O)[O-])cc3)(NC(=O)Cc3cccc(O)c3)[C@@H]2S(=O)C1CC(C(C)=O)C(=O)OCC(Cl)(Cl)Cl. The Kier molecular flexibility index (Phi) is 12.3. The number of rotatable bonds is 14. The van der Waals surface area contributed by atoms with Crippen LogP contribution in [0.5, 0.6) is 5.75 Å². The van der Waals surface area contributed by atoms with Crippen LogP contribution in [0.4, 0.5) is 5.69 Å². The van der Waals surface area contributed by atoms with Gasteiger partial charge in [0.2, 0.25) is 9.70 Å². The van der Waals surface area contributed by atoms with Gasteiger partial charge < -0.3 is 25.0 Å². The summed E-state index contributed by atoms with van der Waals surface area (Å²) in [4.78, 5) is 89.7. The summed E-state index contributed by atoms with van der Waals surface area (Å²) in [5.74, 6) is -8.33. The van der Waals surface area contributed by atoms with Gasteiger partial charge in [0.15, 0.2) is 5.54 Å². The van der Waals surface area contributed by atoms with Gasteiger partial charge in [0.25, 0.3) is 11.6 Å². The third kappa shape index (κ3) is 8.89. The lowest BCUT2D eigenvalue weighted by Crippen LogP contribution is -2.83. The molecule has 20 heteroatoms. The number of fused-ring (bicyclic) bond motifs is 1. The highest BCUT2D eigenvalue weighted by atomic mass is 35.6. The number of benzene rings is 2. The minimum atomic E-state index is -2.47. The number of phenolic OH excluding ortho intramolecular Hbond substituents is 1. The molecule has 4 unspecified atom stereocenters. The molecule has 1 fully saturated rings. The summed E-state index contributed by atoms with van der Waals surface area (Å²) in [7, 11) is -2.47. The van der Waals surface area contributed by atoms with Crippen LogP contribution in [0.25, 0.3) is 0 Å². The number of carbonyl (C=O) groups is 6. The molecule has 1 saturated heterocycles. The summed E-state index contributed by atoms with van der Waals surface area (Å²) >= 11 is 17.1. The fourth-order valence-electron chi connectivity index (χ4n) is 5.94. The molecule has 0 aromatic heterocycles. The predicted octanol–water partition coefficient (Wildman–Crippen LogP) is 2.65. The third-order valence-electron chi connectivity index (χ3n) is 8.20. The van der Waals surface area contributed by atoms with Gasteiger partial charge in [0, 0.05) is 31.1 Å². The van der Waals surface area contributed by atoms with E-state index < -0.39 is 115 Å². The lowest BCUT2D eigenvalue weighted by atomic mass is 9.79. The van der Waals surface area contributed by atoms with Crippen LogP contribution in [0.15, 0.2) is 59.8 Å². The zero-order valence-corrected chi connectivity index (χ0v) is 30.3. The number of esters is 2. The average molecular weight is 803 g/mol. The molecule has 2 heterocycles. The molecule has 2 aliphatic rings. The Morgan fingerprint density at radius 1 is 1.08 bits per heavy atom. The maximum absolute atomic E-state index is 14.7. The Morgan fingerprint density at radius 2 is 1.73 bits per heavy atom. The smallest absolute Gasteiger partial charge is 0.352 e. The maximum Gasteiger partial charge on any atom is 0.352 e. The van der Waals surface area contributed by atoms with E-state index in [9.17, 15) is 53.3 Å². The molecule has 16 nitrogen and oxygen atoms in total. The van der Waals surface area contributed by atoms with Crippen LogP contribution < -0.4 is 5.32 Å². The normalized spacial score (nSPS) is 21.7. The van der Waals surface area contributed by atoms with Crippen LogP contribution in [0.3, 0.4) is 0 Å². The molecule has 278 valence electrons. The van der Waals surface area contributed by atoms with E-state index in [1.54, 1.807) is 0 Å². The maximum atomic E-state index is 14.7. The van der Waals surface area contributed by atoms with Gasteiger partial charge in [-0.2, -0.15) is 0 Å². The van der Waals surface area contributed by atoms with E-state index in [0.29, 0.717) is 10.5 Å². The number of hydrogen-bond donors (Lipinski definition) is 3. The molecule has 2 aromatic carbocycles. The number of aliphatic carboxylic acids is 1. The van der Waals surface area contributed by atoms with E-state index in [4.69, 9.17) is 44.3 Å².